The fourth-order valence-electron chi connectivity index (χ4n) is 6.00. The average molecular weight is 412 g/mol. The number of rotatable bonds is 3. The molecule has 3 aliphatic rings. The number of nitrogens with one attached hydrogen (secondary N) is 1. The fourth-order valence-corrected chi connectivity index (χ4v) is 6.00. The van der Waals surface area contributed by atoms with Gasteiger partial charge in [-0.1, -0.05) is 39.0 Å². The topological polar surface area (TPSA) is 67.5 Å². The summed E-state index contributed by atoms with van der Waals surface area (Å²) in [7, 11) is 0. The monoisotopic (exact) mass is 411 g/mol. The Kier molecular flexibility index (Phi) is 4.91. The third-order valence-corrected chi connectivity index (χ3v) is 7.82. The van der Waals surface area contributed by atoms with Crippen molar-refractivity contribution >= 4 is 22.9 Å². The second kappa shape index (κ2) is 7.47. The van der Waals surface area contributed by atoms with Crippen LogP contribution in [0.4, 0.5) is 0 Å². The summed E-state index contributed by atoms with van der Waals surface area (Å²) >= 11 is 0. The molecular weight excluding hydrogens is 378 g/mol. The van der Waals surface area contributed by atoms with E-state index in [9.17, 15) is 9.59 Å². The van der Waals surface area contributed by atoms with E-state index in [-0.39, 0.29) is 23.9 Å². The lowest BCUT2D eigenvalue weighted by Gasteiger charge is -2.49. The van der Waals surface area contributed by atoms with Crippen LogP contribution in [-0.2, 0) is 11.3 Å². The Balaban J connectivity index is 1.53. The van der Waals surface area contributed by atoms with Crippen LogP contribution >= 0.6 is 0 Å². The Labute approximate surface area is 178 Å². The minimum Gasteiger partial charge on any atom is -0.463 e. The van der Waals surface area contributed by atoms with Gasteiger partial charge < -0.3 is 19.2 Å². The van der Waals surface area contributed by atoms with Gasteiger partial charge in [0.15, 0.2) is 5.58 Å². The first-order valence-corrected chi connectivity index (χ1v) is 11.7. The third-order valence-electron chi connectivity index (χ3n) is 7.82. The standard InChI is InChI=1S/C24H33N3O3/c1-16-8-6-7-11-18(16)25-23(29)24(2)15-26-19-12-13-30-21(19)14-20(26)22(28)27(24)17-9-4-3-5-10-17/h12-14,16-18H,3-11,15H2,1-2H3,(H,25,29)/t16-,18-,24+/m1/s1. The van der Waals surface area contributed by atoms with Crippen LogP contribution in [0.1, 0.15) is 82.1 Å². The Bertz CT molecular complexity index is 954. The molecule has 2 amide bonds. The molecule has 3 heterocycles. The SMILES string of the molecule is C[C@@H]1CCCC[C@H]1NC(=O)[C@]1(C)Cn2c(cc3occc32)C(=O)N1C1CCCCC1. The van der Waals surface area contributed by atoms with E-state index in [1.807, 2.05) is 28.5 Å². The number of carbonyl (C=O) groups excluding carboxylic acids is 2. The molecule has 0 spiro atoms. The number of hydrogen-bond acceptors (Lipinski definition) is 3. The quantitative estimate of drug-likeness (QED) is 0.810. The molecule has 0 radical (unpaired) electrons. The molecule has 2 fully saturated rings. The van der Waals surface area contributed by atoms with Gasteiger partial charge in [-0.2, -0.15) is 0 Å². The van der Waals surface area contributed by atoms with Crippen molar-refractivity contribution in [2.45, 2.75) is 95.8 Å². The molecule has 2 aliphatic carbocycles. The van der Waals surface area contributed by atoms with E-state index >= 15 is 0 Å². The van der Waals surface area contributed by atoms with Gasteiger partial charge in [0, 0.05) is 24.2 Å². The van der Waals surface area contributed by atoms with Crippen molar-refractivity contribution in [1.29, 1.82) is 0 Å². The minimum absolute atomic E-state index is 0.00355. The lowest BCUT2D eigenvalue weighted by atomic mass is 9.83. The molecule has 3 atom stereocenters. The van der Waals surface area contributed by atoms with Crippen molar-refractivity contribution in [3.63, 3.8) is 0 Å². The Hall–Kier alpha value is -2.24. The van der Waals surface area contributed by atoms with Gasteiger partial charge >= 0.3 is 0 Å². The molecule has 1 N–H and O–H groups in total. The van der Waals surface area contributed by atoms with Crippen LogP contribution in [0.3, 0.4) is 0 Å². The molecule has 6 nitrogen and oxygen atoms in total. The van der Waals surface area contributed by atoms with Crippen molar-refractivity contribution in [3.8, 4) is 0 Å². The highest BCUT2D eigenvalue weighted by Gasteiger charge is 2.51. The molecule has 2 aromatic rings. The van der Waals surface area contributed by atoms with Gasteiger partial charge in [-0.3, -0.25) is 9.59 Å². The van der Waals surface area contributed by atoms with Crippen molar-refractivity contribution in [2.75, 3.05) is 0 Å². The zero-order chi connectivity index (χ0) is 20.9. The second-order valence-corrected chi connectivity index (χ2v) is 9.87. The summed E-state index contributed by atoms with van der Waals surface area (Å²) in [4.78, 5) is 29.5. The van der Waals surface area contributed by atoms with Crippen LogP contribution in [-0.4, -0.2) is 38.9 Å². The number of fused-ring (bicyclic) bond motifs is 3. The highest BCUT2D eigenvalue weighted by molar-refractivity contribution is 6.03. The molecule has 0 aromatic carbocycles. The number of aromatic nitrogens is 1. The normalized spacial score (nSPS) is 30.5. The number of nitrogens with zero attached hydrogens (tertiary/aromatic N) is 2. The summed E-state index contributed by atoms with van der Waals surface area (Å²) in [6, 6.07) is 4.06. The van der Waals surface area contributed by atoms with Gasteiger partial charge in [-0.15, -0.1) is 0 Å². The summed E-state index contributed by atoms with van der Waals surface area (Å²) in [6.45, 7) is 4.67. The zero-order valence-electron chi connectivity index (χ0n) is 18.2. The summed E-state index contributed by atoms with van der Waals surface area (Å²) < 4.78 is 7.56. The van der Waals surface area contributed by atoms with Crippen LogP contribution in [0, 0.1) is 5.92 Å². The molecule has 30 heavy (non-hydrogen) atoms. The van der Waals surface area contributed by atoms with Gasteiger partial charge in [0.25, 0.3) is 5.91 Å². The molecule has 0 unspecified atom stereocenters. The summed E-state index contributed by atoms with van der Waals surface area (Å²) in [5.41, 5.74) is 1.36. The predicted molar refractivity (Wildman–Crippen MR) is 115 cm³/mol. The number of carbonyl (C=O) groups is 2. The first-order chi connectivity index (χ1) is 14.5. The maximum absolute atomic E-state index is 13.8. The molecule has 2 aromatic heterocycles. The van der Waals surface area contributed by atoms with Crippen molar-refractivity contribution in [3.05, 3.63) is 24.1 Å². The molecule has 2 saturated carbocycles. The molecule has 162 valence electrons. The van der Waals surface area contributed by atoms with Crippen molar-refractivity contribution < 1.29 is 14.0 Å². The van der Waals surface area contributed by atoms with Gasteiger partial charge in [0.2, 0.25) is 5.91 Å². The molecule has 0 bridgehead atoms. The fraction of sp³-hybridized carbons (Fsp3) is 0.667. The average Bonchev–Trinajstić information content (AvgIpc) is 3.33. The highest BCUT2D eigenvalue weighted by Crippen LogP contribution is 2.38. The lowest BCUT2D eigenvalue weighted by molar-refractivity contribution is -0.136. The van der Waals surface area contributed by atoms with E-state index in [0.29, 0.717) is 23.7 Å². The highest BCUT2D eigenvalue weighted by atomic mass is 16.3. The number of furan rings is 1. The van der Waals surface area contributed by atoms with Crippen LogP contribution in [0.2, 0.25) is 0 Å². The predicted octanol–water partition coefficient (Wildman–Crippen LogP) is 4.48. The minimum atomic E-state index is -0.896. The molecular formula is C24H33N3O3. The van der Waals surface area contributed by atoms with Gasteiger partial charge in [0.1, 0.15) is 11.2 Å². The van der Waals surface area contributed by atoms with E-state index in [1.54, 1.807) is 6.26 Å². The van der Waals surface area contributed by atoms with E-state index < -0.39 is 5.54 Å². The number of hydrogen-bond donors (Lipinski definition) is 1. The second-order valence-electron chi connectivity index (χ2n) is 9.87. The smallest absolute Gasteiger partial charge is 0.271 e. The zero-order valence-corrected chi connectivity index (χ0v) is 18.2. The van der Waals surface area contributed by atoms with Crippen LogP contribution in [0.25, 0.3) is 11.1 Å². The lowest BCUT2D eigenvalue weighted by Crippen LogP contribution is -2.67. The molecule has 0 saturated heterocycles. The molecule has 5 rings (SSSR count). The van der Waals surface area contributed by atoms with Crippen LogP contribution in [0.15, 0.2) is 22.8 Å². The van der Waals surface area contributed by atoms with E-state index in [4.69, 9.17) is 4.42 Å². The van der Waals surface area contributed by atoms with Crippen LogP contribution in [0.5, 0.6) is 0 Å². The van der Waals surface area contributed by atoms with Crippen LogP contribution < -0.4 is 5.32 Å². The van der Waals surface area contributed by atoms with E-state index in [1.165, 1.54) is 12.8 Å². The maximum atomic E-state index is 13.8. The third kappa shape index (κ3) is 3.07. The maximum Gasteiger partial charge on any atom is 0.271 e. The van der Waals surface area contributed by atoms with Gasteiger partial charge in [-0.05, 0) is 38.5 Å². The number of amides is 2. The first-order valence-electron chi connectivity index (χ1n) is 11.7. The summed E-state index contributed by atoms with van der Waals surface area (Å²) in [5.74, 6) is 0.446. The largest absolute Gasteiger partial charge is 0.463 e. The Morgan fingerprint density at radius 2 is 1.87 bits per heavy atom. The summed E-state index contributed by atoms with van der Waals surface area (Å²) in [5, 5.41) is 3.36. The van der Waals surface area contributed by atoms with Crippen molar-refractivity contribution in [2.24, 2.45) is 5.92 Å². The first kappa shape index (κ1) is 19.7. The molecule has 6 heteroatoms. The Morgan fingerprint density at radius 1 is 1.13 bits per heavy atom. The van der Waals surface area contributed by atoms with Gasteiger partial charge in [-0.25, -0.2) is 0 Å². The van der Waals surface area contributed by atoms with Crippen molar-refractivity contribution in [1.82, 2.24) is 14.8 Å². The molecule has 1 aliphatic heterocycles. The Morgan fingerprint density at radius 3 is 2.63 bits per heavy atom. The van der Waals surface area contributed by atoms with Gasteiger partial charge in [0.05, 0.1) is 18.3 Å². The van der Waals surface area contributed by atoms with E-state index in [0.717, 1.165) is 50.5 Å². The van der Waals surface area contributed by atoms with E-state index in [2.05, 4.69) is 12.2 Å². The summed E-state index contributed by atoms with van der Waals surface area (Å²) in [6.07, 6.45) is 11.6.